The Morgan fingerprint density at radius 2 is 1.48 bits per heavy atom. The van der Waals surface area contributed by atoms with Crippen molar-refractivity contribution < 1.29 is 0 Å². The highest BCUT2D eigenvalue weighted by Crippen LogP contribution is 2.34. The van der Waals surface area contributed by atoms with E-state index in [1.807, 2.05) is 12.1 Å². The van der Waals surface area contributed by atoms with Gasteiger partial charge in [-0.3, -0.25) is 0 Å². The molecule has 4 heteroatoms. The second kappa shape index (κ2) is 5.88. The van der Waals surface area contributed by atoms with Gasteiger partial charge in [0.25, 0.3) is 0 Å². The Morgan fingerprint density at radius 1 is 0.840 bits per heavy atom. The van der Waals surface area contributed by atoms with Gasteiger partial charge < -0.3 is 9.97 Å². The summed E-state index contributed by atoms with van der Waals surface area (Å²) in [7, 11) is 0. The first-order valence-corrected chi connectivity index (χ1v) is 8.57. The van der Waals surface area contributed by atoms with Crippen molar-refractivity contribution in [3.8, 4) is 0 Å². The van der Waals surface area contributed by atoms with E-state index in [0.29, 0.717) is 0 Å². The van der Waals surface area contributed by atoms with E-state index in [4.69, 9.17) is 4.98 Å². The largest absolute Gasteiger partial charge is 0.361 e. The summed E-state index contributed by atoms with van der Waals surface area (Å²) < 4.78 is 0. The van der Waals surface area contributed by atoms with E-state index in [1.165, 1.54) is 22.5 Å². The second-order valence-electron chi connectivity index (χ2n) is 6.82. The quantitative estimate of drug-likeness (QED) is 0.572. The average Bonchev–Trinajstić information content (AvgIpc) is 3.09. The highest BCUT2D eigenvalue weighted by atomic mass is 14.9. The first-order chi connectivity index (χ1) is 12.0. The number of aromatic nitrogens is 4. The first-order valence-electron chi connectivity index (χ1n) is 8.57. The molecule has 2 N–H and O–H groups in total. The lowest BCUT2D eigenvalue weighted by Gasteiger charge is -2.17. The predicted octanol–water partition coefficient (Wildman–Crippen LogP) is 4.70. The lowest BCUT2D eigenvalue weighted by atomic mass is 9.92. The van der Waals surface area contributed by atoms with Crippen LogP contribution in [-0.4, -0.2) is 19.9 Å². The van der Waals surface area contributed by atoms with Crippen molar-refractivity contribution in [2.45, 2.75) is 33.6 Å². The molecule has 4 heterocycles. The fraction of sp³-hybridized carbons (Fsp3) is 0.238. The normalized spacial score (nSPS) is 11.6. The number of aromatic amines is 2. The highest BCUT2D eigenvalue weighted by Gasteiger charge is 2.25. The van der Waals surface area contributed by atoms with E-state index in [9.17, 15) is 0 Å². The number of hydrogen-bond donors (Lipinski definition) is 2. The molecule has 25 heavy (non-hydrogen) atoms. The molecule has 126 valence electrons. The molecule has 0 unspecified atom stereocenters. The summed E-state index contributed by atoms with van der Waals surface area (Å²) in [5.74, 6) is 0.0359. The van der Waals surface area contributed by atoms with E-state index in [1.54, 1.807) is 6.20 Å². The molecule has 0 aliphatic rings. The average molecular weight is 330 g/mol. The minimum Gasteiger partial charge on any atom is -0.361 e. The molecule has 0 radical (unpaired) electrons. The summed E-state index contributed by atoms with van der Waals surface area (Å²) >= 11 is 0. The van der Waals surface area contributed by atoms with E-state index < -0.39 is 0 Å². The van der Waals surface area contributed by atoms with Gasteiger partial charge in [-0.05, 0) is 75.2 Å². The van der Waals surface area contributed by atoms with E-state index in [0.717, 1.165) is 28.1 Å². The van der Waals surface area contributed by atoms with Gasteiger partial charge in [-0.15, -0.1) is 0 Å². The van der Waals surface area contributed by atoms with Crippen LogP contribution in [0.1, 0.15) is 45.5 Å². The number of H-pyrrole nitrogens is 2. The summed E-state index contributed by atoms with van der Waals surface area (Å²) in [6.07, 6.45) is 1.79. The van der Waals surface area contributed by atoms with Crippen LogP contribution in [0.3, 0.4) is 0 Å². The van der Waals surface area contributed by atoms with Crippen LogP contribution in [0.5, 0.6) is 0 Å². The minimum atomic E-state index is 0.0359. The third-order valence-electron chi connectivity index (χ3n) is 4.74. The van der Waals surface area contributed by atoms with E-state index in [2.05, 4.69) is 66.9 Å². The number of nitrogens with zero attached hydrogens (tertiary/aromatic N) is 2. The SMILES string of the molecule is Cc1cc(C)c(C(c2ccc3cccnc3n2)c2[nH]c(C)cc2C)[nH]1. The Bertz CT molecular complexity index is 1010. The lowest BCUT2D eigenvalue weighted by molar-refractivity contribution is 0.840. The molecule has 0 bridgehead atoms. The number of rotatable bonds is 3. The van der Waals surface area contributed by atoms with Crippen LogP contribution in [0.4, 0.5) is 0 Å². The van der Waals surface area contributed by atoms with Gasteiger partial charge in [0.2, 0.25) is 0 Å². The van der Waals surface area contributed by atoms with Gasteiger partial charge in [0.05, 0.1) is 11.6 Å². The van der Waals surface area contributed by atoms with Gasteiger partial charge in [0.15, 0.2) is 5.65 Å². The van der Waals surface area contributed by atoms with Gasteiger partial charge in [0, 0.05) is 34.4 Å². The first kappa shape index (κ1) is 15.6. The van der Waals surface area contributed by atoms with Gasteiger partial charge in [-0.1, -0.05) is 0 Å². The van der Waals surface area contributed by atoms with Crippen LogP contribution in [0.2, 0.25) is 0 Å². The molecule has 0 spiro atoms. The summed E-state index contributed by atoms with van der Waals surface area (Å²) in [6, 6.07) is 12.6. The van der Waals surface area contributed by atoms with Crippen LogP contribution >= 0.6 is 0 Å². The minimum absolute atomic E-state index is 0.0359. The summed E-state index contributed by atoms with van der Waals surface area (Å²) in [5, 5.41) is 1.06. The molecule has 0 atom stereocenters. The molecule has 0 saturated carbocycles. The van der Waals surface area contributed by atoms with Crippen molar-refractivity contribution in [1.82, 2.24) is 19.9 Å². The lowest BCUT2D eigenvalue weighted by Crippen LogP contribution is -2.10. The van der Waals surface area contributed by atoms with Crippen LogP contribution in [0.25, 0.3) is 11.0 Å². The third-order valence-corrected chi connectivity index (χ3v) is 4.74. The van der Waals surface area contributed by atoms with Crippen molar-refractivity contribution in [1.29, 1.82) is 0 Å². The molecule has 0 amide bonds. The van der Waals surface area contributed by atoms with Crippen molar-refractivity contribution >= 4 is 11.0 Å². The fourth-order valence-electron chi connectivity index (χ4n) is 3.67. The highest BCUT2D eigenvalue weighted by molar-refractivity contribution is 5.74. The Kier molecular flexibility index (Phi) is 3.68. The summed E-state index contributed by atoms with van der Waals surface area (Å²) in [6.45, 7) is 8.48. The smallest absolute Gasteiger partial charge is 0.159 e. The molecule has 0 aromatic carbocycles. The number of fused-ring (bicyclic) bond motifs is 1. The summed E-state index contributed by atoms with van der Waals surface area (Å²) in [4.78, 5) is 16.4. The summed E-state index contributed by atoms with van der Waals surface area (Å²) in [5.41, 5.74) is 8.98. The topological polar surface area (TPSA) is 57.4 Å². The van der Waals surface area contributed by atoms with E-state index >= 15 is 0 Å². The standard InChI is InChI=1S/C21H22N4/c1-12-10-14(3)23-19(12)18(20-13(2)11-15(4)24-20)17-8-7-16-6-5-9-22-21(16)25-17/h5-11,18,23-24H,1-4H3. The molecule has 4 rings (SSSR count). The third kappa shape index (κ3) is 2.74. The molecule has 4 aromatic heterocycles. The van der Waals surface area contributed by atoms with Gasteiger partial charge in [-0.2, -0.15) is 0 Å². The van der Waals surface area contributed by atoms with E-state index in [-0.39, 0.29) is 5.92 Å². The molecular weight excluding hydrogens is 308 g/mol. The Labute approximate surface area is 147 Å². The maximum Gasteiger partial charge on any atom is 0.159 e. The maximum absolute atomic E-state index is 4.88. The fourth-order valence-corrected chi connectivity index (χ4v) is 3.67. The van der Waals surface area contributed by atoms with Crippen molar-refractivity contribution in [2.75, 3.05) is 0 Å². The van der Waals surface area contributed by atoms with Gasteiger partial charge >= 0.3 is 0 Å². The van der Waals surface area contributed by atoms with Crippen LogP contribution < -0.4 is 0 Å². The van der Waals surface area contributed by atoms with Gasteiger partial charge in [0.1, 0.15) is 0 Å². The maximum atomic E-state index is 4.88. The Balaban J connectivity index is 1.95. The Hall–Kier alpha value is -2.88. The second-order valence-corrected chi connectivity index (χ2v) is 6.82. The van der Waals surface area contributed by atoms with Crippen molar-refractivity contribution in [2.24, 2.45) is 0 Å². The molecule has 0 aliphatic carbocycles. The monoisotopic (exact) mass is 330 g/mol. The molecule has 0 saturated heterocycles. The number of pyridine rings is 2. The zero-order chi connectivity index (χ0) is 17.6. The molecule has 0 fully saturated rings. The molecule has 0 aliphatic heterocycles. The van der Waals surface area contributed by atoms with Gasteiger partial charge in [-0.25, -0.2) is 9.97 Å². The van der Waals surface area contributed by atoms with Crippen LogP contribution in [-0.2, 0) is 0 Å². The zero-order valence-electron chi connectivity index (χ0n) is 15.0. The van der Waals surface area contributed by atoms with Crippen LogP contribution in [0, 0.1) is 27.7 Å². The molecule has 4 aromatic rings. The van der Waals surface area contributed by atoms with Crippen LogP contribution in [0.15, 0.2) is 42.6 Å². The molecular formula is C21H22N4. The number of aryl methyl sites for hydroxylation is 4. The predicted molar refractivity (Wildman–Crippen MR) is 101 cm³/mol. The number of hydrogen-bond acceptors (Lipinski definition) is 2. The van der Waals surface area contributed by atoms with Crippen molar-refractivity contribution in [3.63, 3.8) is 0 Å². The zero-order valence-corrected chi connectivity index (χ0v) is 15.0. The number of nitrogens with one attached hydrogen (secondary N) is 2. The van der Waals surface area contributed by atoms with Crippen molar-refractivity contribution in [3.05, 3.63) is 82.2 Å². The Morgan fingerprint density at radius 3 is 2.04 bits per heavy atom. The molecule has 4 nitrogen and oxygen atoms in total.